The van der Waals surface area contributed by atoms with Crippen LogP contribution in [0.3, 0.4) is 0 Å². The molecular formula is C41H56F3N3O6. The number of benzene rings is 2. The Labute approximate surface area is 311 Å². The zero-order chi connectivity index (χ0) is 38.2. The van der Waals surface area contributed by atoms with Crippen LogP contribution in [0.15, 0.2) is 42.5 Å². The Hall–Kier alpha value is -3.80. The molecule has 1 saturated carbocycles. The Morgan fingerprint density at radius 2 is 1.55 bits per heavy atom. The van der Waals surface area contributed by atoms with Crippen LogP contribution in [0, 0.1) is 19.8 Å². The van der Waals surface area contributed by atoms with Gasteiger partial charge < -0.3 is 24.4 Å². The SMILES string of the molecule is CCCCC1N(CC2CCCCC2)C(=O)OC12CCN(C1CCN(C(=O)c3c(C)cc(OCc4ccccc4)cc3C)CC1)CC2.O=C(O)C(F)(F)F. The average molecular weight is 744 g/mol. The quantitative estimate of drug-likeness (QED) is 0.261. The second-order valence-corrected chi connectivity index (χ2v) is 15.3. The molecule has 12 heteroatoms. The van der Waals surface area contributed by atoms with E-state index in [9.17, 15) is 22.8 Å². The molecule has 2 aromatic carbocycles. The molecule has 4 aliphatic rings. The number of unbranched alkanes of at least 4 members (excludes halogenated alkanes) is 1. The lowest BCUT2D eigenvalue weighted by Gasteiger charge is -2.46. The second-order valence-electron chi connectivity index (χ2n) is 15.3. The van der Waals surface area contributed by atoms with E-state index in [1.165, 1.54) is 32.1 Å². The molecule has 2 amide bonds. The van der Waals surface area contributed by atoms with E-state index in [0.29, 0.717) is 18.6 Å². The van der Waals surface area contributed by atoms with E-state index in [0.717, 1.165) is 106 Å². The maximum atomic E-state index is 13.7. The summed E-state index contributed by atoms with van der Waals surface area (Å²) in [4.78, 5) is 42.7. The van der Waals surface area contributed by atoms with Gasteiger partial charge in [0.1, 0.15) is 18.0 Å². The molecule has 1 spiro atoms. The minimum absolute atomic E-state index is 0.0617. The van der Waals surface area contributed by atoms with E-state index < -0.39 is 12.1 Å². The van der Waals surface area contributed by atoms with Crippen molar-refractivity contribution in [3.8, 4) is 5.75 Å². The van der Waals surface area contributed by atoms with Crippen LogP contribution in [0.1, 0.15) is 111 Å². The number of rotatable bonds is 10. The molecule has 4 fully saturated rings. The zero-order valence-electron chi connectivity index (χ0n) is 31.5. The number of halogens is 3. The first-order valence-corrected chi connectivity index (χ1v) is 19.4. The smallest absolute Gasteiger partial charge is 0.489 e. The van der Waals surface area contributed by atoms with E-state index in [2.05, 4.69) is 28.9 Å². The highest BCUT2D eigenvalue weighted by atomic mass is 19.4. The van der Waals surface area contributed by atoms with Crippen molar-refractivity contribution in [2.75, 3.05) is 32.7 Å². The number of amides is 2. The first-order valence-electron chi connectivity index (χ1n) is 19.4. The summed E-state index contributed by atoms with van der Waals surface area (Å²) in [6.45, 7) is 11.2. The summed E-state index contributed by atoms with van der Waals surface area (Å²) in [5, 5.41) is 7.12. The number of carbonyl (C=O) groups excluding carboxylic acids is 2. The van der Waals surface area contributed by atoms with Gasteiger partial charge >= 0.3 is 18.2 Å². The van der Waals surface area contributed by atoms with Gasteiger partial charge in [0.15, 0.2) is 0 Å². The molecule has 3 heterocycles. The molecule has 1 unspecified atom stereocenters. The van der Waals surface area contributed by atoms with Crippen LogP contribution in [0.4, 0.5) is 18.0 Å². The number of aryl methyl sites for hydroxylation is 2. The molecule has 3 saturated heterocycles. The molecular weight excluding hydrogens is 687 g/mol. The van der Waals surface area contributed by atoms with Gasteiger partial charge in [-0.1, -0.05) is 69.4 Å². The van der Waals surface area contributed by atoms with E-state index in [1.807, 2.05) is 49.1 Å². The predicted molar refractivity (Wildman–Crippen MR) is 196 cm³/mol. The number of piperidine rings is 2. The van der Waals surface area contributed by atoms with Crippen LogP contribution >= 0.6 is 0 Å². The molecule has 0 radical (unpaired) electrons. The van der Waals surface area contributed by atoms with Gasteiger partial charge in [-0.05, 0) is 80.7 Å². The molecule has 6 rings (SSSR count). The number of aliphatic carboxylic acids is 1. The molecule has 1 N–H and O–H groups in total. The van der Waals surface area contributed by atoms with Gasteiger partial charge in [0.25, 0.3) is 5.91 Å². The highest BCUT2D eigenvalue weighted by Crippen LogP contribution is 2.43. The maximum absolute atomic E-state index is 13.7. The Bertz CT molecular complexity index is 1510. The third kappa shape index (κ3) is 10.2. The number of likely N-dealkylation sites (tertiary alicyclic amines) is 2. The molecule has 0 bridgehead atoms. The van der Waals surface area contributed by atoms with Crippen LogP contribution in [0.2, 0.25) is 0 Å². The van der Waals surface area contributed by atoms with Crippen molar-refractivity contribution in [2.24, 2.45) is 5.92 Å². The fourth-order valence-electron chi connectivity index (χ4n) is 8.76. The summed E-state index contributed by atoms with van der Waals surface area (Å²) >= 11 is 0. The van der Waals surface area contributed by atoms with Crippen molar-refractivity contribution in [3.63, 3.8) is 0 Å². The number of ether oxygens (including phenoxy) is 2. The monoisotopic (exact) mass is 743 g/mol. The standard InChI is InChI=1S/C39H55N3O4.C2HF3O2/c1-4-5-16-35-39(46-38(44)42(35)27-31-12-8-6-9-13-31)19-23-40(24-20-39)33-17-21-41(22-18-33)37(43)36-29(2)25-34(26-30(36)3)45-28-32-14-10-7-11-15-32;3-2(4,5)1(6)7/h7,10-11,14-15,25-26,31,33,35H,4-6,8-9,12-13,16-24,27-28H2,1-3H3;(H,6,7). The Morgan fingerprint density at radius 3 is 2.11 bits per heavy atom. The fraction of sp³-hybridized carbons (Fsp3) is 0.634. The number of hydrogen-bond donors (Lipinski definition) is 1. The Morgan fingerprint density at radius 1 is 0.943 bits per heavy atom. The van der Waals surface area contributed by atoms with Gasteiger partial charge in [0.05, 0.1) is 6.04 Å². The summed E-state index contributed by atoms with van der Waals surface area (Å²) in [7, 11) is 0. The second kappa shape index (κ2) is 18.0. The van der Waals surface area contributed by atoms with Crippen LogP contribution in [0.25, 0.3) is 0 Å². The molecule has 1 aliphatic carbocycles. The third-order valence-corrected chi connectivity index (χ3v) is 11.6. The first kappa shape index (κ1) is 40.4. The zero-order valence-corrected chi connectivity index (χ0v) is 31.5. The number of carboxylic acids is 1. The van der Waals surface area contributed by atoms with E-state index in [1.54, 1.807) is 0 Å². The summed E-state index contributed by atoms with van der Waals surface area (Å²) in [5.74, 6) is -1.19. The van der Waals surface area contributed by atoms with Crippen molar-refractivity contribution in [1.82, 2.24) is 14.7 Å². The van der Waals surface area contributed by atoms with Crippen molar-refractivity contribution in [3.05, 3.63) is 64.7 Å². The lowest BCUT2D eigenvalue weighted by atomic mass is 9.80. The predicted octanol–water partition coefficient (Wildman–Crippen LogP) is 8.55. The van der Waals surface area contributed by atoms with Crippen LogP contribution < -0.4 is 4.74 Å². The van der Waals surface area contributed by atoms with Crippen LogP contribution in [-0.4, -0.2) is 94.4 Å². The summed E-state index contributed by atoms with van der Waals surface area (Å²) in [5.41, 5.74) is 3.54. The third-order valence-electron chi connectivity index (χ3n) is 11.6. The highest BCUT2D eigenvalue weighted by molar-refractivity contribution is 5.97. The molecule has 3 aliphatic heterocycles. The number of carboxylic acid groups (broad SMARTS) is 1. The number of nitrogens with zero attached hydrogens (tertiary/aromatic N) is 3. The largest absolute Gasteiger partial charge is 0.490 e. The van der Waals surface area contributed by atoms with E-state index >= 15 is 0 Å². The summed E-state index contributed by atoms with van der Waals surface area (Å²) in [6.07, 6.45) is 8.45. The van der Waals surface area contributed by atoms with Gasteiger partial charge in [0.2, 0.25) is 0 Å². The first-order chi connectivity index (χ1) is 25.3. The van der Waals surface area contributed by atoms with Crippen LogP contribution in [0.5, 0.6) is 5.75 Å². The van der Waals surface area contributed by atoms with Crippen molar-refractivity contribution >= 4 is 18.0 Å². The summed E-state index contributed by atoms with van der Waals surface area (Å²) in [6, 6.07) is 14.8. The number of alkyl halides is 3. The Kier molecular flexibility index (Phi) is 13.7. The van der Waals surface area contributed by atoms with Crippen molar-refractivity contribution < 1.29 is 42.1 Å². The normalized spacial score (nSPS) is 21.2. The van der Waals surface area contributed by atoms with E-state index in [-0.39, 0.29) is 23.6 Å². The molecule has 53 heavy (non-hydrogen) atoms. The molecule has 0 aromatic heterocycles. The lowest BCUT2D eigenvalue weighted by molar-refractivity contribution is -0.192. The van der Waals surface area contributed by atoms with Crippen molar-refractivity contribution in [1.29, 1.82) is 0 Å². The van der Waals surface area contributed by atoms with Gasteiger partial charge in [0, 0.05) is 57.2 Å². The van der Waals surface area contributed by atoms with Gasteiger partial charge in [-0.3, -0.25) is 9.69 Å². The molecule has 9 nitrogen and oxygen atoms in total. The minimum Gasteiger partial charge on any atom is -0.489 e. The number of carbonyl (C=O) groups is 3. The number of hydrogen-bond acceptors (Lipinski definition) is 6. The minimum atomic E-state index is -5.08. The fourth-order valence-corrected chi connectivity index (χ4v) is 8.76. The topological polar surface area (TPSA) is 99.6 Å². The van der Waals surface area contributed by atoms with Gasteiger partial charge in [-0.15, -0.1) is 0 Å². The summed E-state index contributed by atoms with van der Waals surface area (Å²) < 4.78 is 44.2. The molecule has 1 atom stereocenters. The van der Waals surface area contributed by atoms with E-state index in [4.69, 9.17) is 19.4 Å². The van der Waals surface area contributed by atoms with Crippen molar-refractivity contribution in [2.45, 2.75) is 128 Å². The van der Waals surface area contributed by atoms with Gasteiger partial charge in [-0.2, -0.15) is 13.2 Å². The lowest BCUT2D eigenvalue weighted by Crippen LogP contribution is -2.56. The highest BCUT2D eigenvalue weighted by Gasteiger charge is 2.55. The van der Waals surface area contributed by atoms with Crippen LogP contribution in [-0.2, 0) is 16.1 Å². The molecule has 2 aromatic rings. The Balaban J connectivity index is 0.000000705. The molecule has 292 valence electrons. The van der Waals surface area contributed by atoms with Gasteiger partial charge in [-0.25, -0.2) is 9.59 Å². The maximum Gasteiger partial charge on any atom is 0.490 e. The average Bonchev–Trinajstić information content (AvgIpc) is 3.38.